The lowest BCUT2D eigenvalue weighted by Crippen LogP contribution is -2.13. The molecule has 3 nitrogen and oxygen atoms in total. The van der Waals surface area contributed by atoms with Gasteiger partial charge in [-0.15, -0.1) is 0 Å². The van der Waals surface area contributed by atoms with Crippen LogP contribution in [-0.4, -0.2) is 4.57 Å². The average molecular weight is 573 g/mol. The molecule has 44 heavy (non-hydrogen) atoms. The summed E-state index contributed by atoms with van der Waals surface area (Å²) < 4.78 is 9.05. The maximum atomic E-state index is 6.67. The number of rotatable bonds is 6. The Balaban J connectivity index is 1.54. The van der Waals surface area contributed by atoms with E-state index in [1.807, 2.05) is 30.3 Å². The zero-order valence-electron chi connectivity index (χ0n) is 25.9. The predicted molar refractivity (Wildman–Crippen MR) is 186 cm³/mol. The van der Waals surface area contributed by atoms with Crippen molar-refractivity contribution in [1.29, 1.82) is 0 Å². The van der Waals surface area contributed by atoms with Crippen molar-refractivity contribution in [3.63, 3.8) is 0 Å². The maximum absolute atomic E-state index is 6.67. The molecule has 0 aliphatic heterocycles. The van der Waals surface area contributed by atoms with Crippen molar-refractivity contribution in [3.05, 3.63) is 155 Å². The Morgan fingerprint density at radius 3 is 1.52 bits per heavy atom. The van der Waals surface area contributed by atoms with E-state index in [1.165, 1.54) is 44.1 Å². The van der Waals surface area contributed by atoms with E-state index in [9.17, 15) is 0 Å². The first-order valence-electron chi connectivity index (χ1n) is 15.2. The third kappa shape index (κ3) is 5.01. The number of benzene rings is 6. The van der Waals surface area contributed by atoms with Crippen molar-refractivity contribution in [1.82, 2.24) is 4.57 Å². The molecule has 216 valence electrons. The number of para-hydroxylation sites is 1. The van der Waals surface area contributed by atoms with Gasteiger partial charge in [-0.25, -0.2) is 0 Å². The highest BCUT2D eigenvalue weighted by atomic mass is 16.5. The standard InChI is InChI=1S/C41H36N2O/c1-27-11-17-32(18-12-27)42(33-19-13-28(2)14-20-33)40-25-34(26-41(31(40)5)44-35-9-7-6-8-10-35)43-38-21-15-29(3)23-36(38)37-24-30(4)16-22-39(37)43/h6-26H,1-5H3. The van der Waals surface area contributed by atoms with Crippen LogP contribution in [0.4, 0.5) is 17.1 Å². The van der Waals surface area contributed by atoms with Crippen LogP contribution in [0.15, 0.2) is 127 Å². The van der Waals surface area contributed by atoms with Gasteiger partial charge in [0.25, 0.3) is 0 Å². The zero-order valence-corrected chi connectivity index (χ0v) is 25.9. The summed E-state index contributed by atoms with van der Waals surface area (Å²) in [6.07, 6.45) is 0. The minimum absolute atomic E-state index is 0.810. The summed E-state index contributed by atoms with van der Waals surface area (Å²) in [7, 11) is 0. The number of ether oxygens (including phenoxy) is 1. The van der Waals surface area contributed by atoms with Crippen LogP contribution in [0.1, 0.15) is 27.8 Å². The second-order valence-electron chi connectivity index (χ2n) is 11.9. The van der Waals surface area contributed by atoms with Crippen LogP contribution < -0.4 is 9.64 Å². The number of fused-ring (bicyclic) bond motifs is 3. The van der Waals surface area contributed by atoms with E-state index in [4.69, 9.17) is 4.74 Å². The maximum Gasteiger partial charge on any atom is 0.134 e. The van der Waals surface area contributed by atoms with Gasteiger partial charge in [0.05, 0.1) is 22.4 Å². The van der Waals surface area contributed by atoms with Gasteiger partial charge >= 0.3 is 0 Å². The highest BCUT2D eigenvalue weighted by Gasteiger charge is 2.21. The van der Waals surface area contributed by atoms with Crippen molar-refractivity contribution < 1.29 is 4.74 Å². The molecule has 0 unspecified atom stereocenters. The van der Waals surface area contributed by atoms with Crippen LogP contribution in [0.5, 0.6) is 11.5 Å². The van der Waals surface area contributed by atoms with Crippen molar-refractivity contribution in [3.8, 4) is 17.2 Å². The molecule has 0 aliphatic rings. The molecule has 0 amide bonds. The fraction of sp³-hybridized carbons (Fsp3) is 0.122. The Morgan fingerprint density at radius 2 is 1.00 bits per heavy atom. The number of anilines is 3. The van der Waals surface area contributed by atoms with Gasteiger partial charge in [-0.3, -0.25) is 0 Å². The molecule has 1 aromatic heterocycles. The van der Waals surface area contributed by atoms with Gasteiger partial charge in [-0.05, 0) is 101 Å². The number of hydrogen-bond acceptors (Lipinski definition) is 2. The first-order valence-corrected chi connectivity index (χ1v) is 15.2. The Hall–Kier alpha value is -5.28. The Labute approximate surface area is 259 Å². The van der Waals surface area contributed by atoms with Crippen LogP contribution in [0.2, 0.25) is 0 Å². The van der Waals surface area contributed by atoms with Gasteiger partial charge in [-0.1, -0.05) is 76.9 Å². The highest BCUT2D eigenvalue weighted by Crippen LogP contribution is 2.44. The van der Waals surface area contributed by atoms with Gasteiger partial charge in [0.15, 0.2) is 0 Å². The SMILES string of the molecule is Cc1ccc(N(c2ccc(C)cc2)c2cc(-n3c4ccc(C)cc4c4cc(C)ccc43)cc(Oc3ccccc3)c2C)cc1. The summed E-state index contributed by atoms with van der Waals surface area (Å²) in [5.74, 6) is 1.63. The number of aryl methyl sites for hydroxylation is 4. The molecule has 0 saturated heterocycles. The molecule has 0 fully saturated rings. The molecular weight excluding hydrogens is 536 g/mol. The first kappa shape index (κ1) is 27.5. The topological polar surface area (TPSA) is 17.4 Å². The highest BCUT2D eigenvalue weighted by molar-refractivity contribution is 6.09. The molecule has 0 atom stereocenters. The number of nitrogens with zero attached hydrogens (tertiary/aromatic N) is 2. The normalized spacial score (nSPS) is 11.3. The lowest BCUT2D eigenvalue weighted by Gasteiger charge is -2.29. The molecule has 7 rings (SSSR count). The quantitative estimate of drug-likeness (QED) is 0.197. The second-order valence-corrected chi connectivity index (χ2v) is 11.9. The molecule has 3 heteroatoms. The van der Waals surface area contributed by atoms with Crippen molar-refractivity contribution in [2.45, 2.75) is 34.6 Å². The molecule has 0 bridgehead atoms. The van der Waals surface area contributed by atoms with E-state index >= 15 is 0 Å². The van der Waals surface area contributed by atoms with Crippen LogP contribution in [0.3, 0.4) is 0 Å². The first-order chi connectivity index (χ1) is 21.4. The monoisotopic (exact) mass is 572 g/mol. The molecule has 0 spiro atoms. The third-order valence-electron chi connectivity index (χ3n) is 8.45. The minimum Gasteiger partial charge on any atom is -0.457 e. The summed E-state index contributed by atoms with van der Waals surface area (Å²) in [6, 6.07) is 45.5. The van der Waals surface area contributed by atoms with Crippen LogP contribution in [0.25, 0.3) is 27.5 Å². The van der Waals surface area contributed by atoms with Gasteiger partial charge in [-0.2, -0.15) is 0 Å². The van der Waals surface area contributed by atoms with Crippen molar-refractivity contribution >= 4 is 38.9 Å². The Morgan fingerprint density at radius 1 is 0.500 bits per heavy atom. The van der Waals surface area contributed by atoms with Gasteiger partial charge < -0.3 is 14.2 Å². The predicted octanol–water partition coefficient (Wildman–Crippen LogP) is 11.6. The van der Waals surface area contributed by atoms with E-state index in [0.717, 1.165) is 39.8 Å². The fourth-order valence-corrected chi connectivity index (χ4v) is 6.09. The van der Waals surface area contributed by atoms with Crippen LogP contribution in [0, 0.1) is 34.6 Å². The van der Waals surface area contributed by atoms with Crippen LogP contribution >= 0.6 is 0 Å². The van der Waals surface area contributed by atoms with Gasteiger partial charge in [0.1, 0.15) is 11.5 Å². The third-order valence-corrected chi connectivity index (χ3v) is 8.45. The van der Waals surface area contributed by atoms with Gasteiger partial charge in [0, 0.05) is 33.8 Å². The van der Waals surface area contributed by atoms with E-state index in [2.05, 4.69) is 141 Å². The molecule has 6 aromatic carbocycles. The largest absolute Gasteiger partial charge is 0.457 e. The van der Waals surface area contributed by atoms with E-state index in [1.54, 1.807) is 0 Å². The number of aromatic nitrogens is 1. The molecule has 0 aliphatic carbocycles. The zero-order chi connectivity index (χ0) is 30.4. The van der Waals surface area contributed by atoms with Crippen molar-refractivity contribution in [2.75, 3.05) is 4.90 Å². The van der Waals surface area contributed by atoms with Gasteiger partial charge in [0.2, 0.25) is 0 Å². The summed E-state index contributed by atoms with van der Waals surface area (Å²) >= 11 is 0. The summed E-state index contributed by atoms with van der Waals surface area (Å²) in [6.45, 7) is 10.7. The van der Waals surface area contributed by atoms with E-state index in [-0.39, 0.29) is 0 Å². The molecule has 1 heterocycles. The Bertz CT molecular complexity index is 2020. The van der Waals surface area contributed by atoms with Crippen LogP contribution in [-0.2, 0) is 0 Å². The summed E-state index contributed by atoms with van der Waals surface area (Å²) in [5, 5.41) is 2.51. The molecule has 0 radical (unpaired) electrons. The summed E-state index contributed by atoms with van der Waals surface area (Å²) in [4.78, 5) is 2.34. The summed E-state index contributed by atoms with van der Waals surface area (Å²) in [5.41, 5.74) is 12.7. The minimum atomic E-state index is 0.810. The fourth-order valence-electron chi connectivity index (χ4n) is 6.09. The lowest BCUT2D eigenvalue weighted by atomic mass is 10.1. The smallest absolute Gasteiger partial charge is 0.134 e. The van der Waals surface area contributed by atoms with E-state index in [0.29, 0.717) is 0 Å². The van der Waals surface area contributed by atoms with Crippen molar-refractivity contribution in [2.24, 2.45) is 0 Å². The molecule has 7 aromatic rings. The molecular formula is C41H36N2O. The average Bonchev–Trinajstić information content (AvgIpc) is 3.34. The molecule has 0 saturated carbocycles. The van der Waals surface area contributed by atoms with E-state index < -0.39 is 0 Å². The lowest BCUT2D eigenvalue weighted by molar-refractivity contribution is 0.479. The Kier molecular flexibility index (Phi) is 6.94. The number of hydrogen-bond donors (Lipinski definition) is 0. The second kappa shape index (κ2) is 11.1. The molecule has 0 N–H and O–H groups in total.